The van der Waals surface area contributed by atoms with E-state index in [1.54, 1.807) is 0 Å². The summed E-state index contributed by atoms with van der Waals surface area (Å²) in [4.78, 5) is 21.5. The monoisotopic (exact) mass is 157 g/mol. The highest BCUT2D eigenvalue weighted by molar-refractivity contribution is 5.98. The molecule has 0 amide bonds. The number of carboxylic acid groups (broad SMARTS) is 1. The summed E-state index contributed by atoms with van der Waals surface area (Å²) in [6.07, 6.45) is 1.15. The van der Waals surface area contributed by atoms with Crippen LogP contribution in [-0.2, 0) is 9.59 Å². The Morgan fingerprint density at radius 3 is 3.00 bits per heavy atom. The van der Waals surface area contributed by atoms with Crippen molar-refractivity contribution in [3.63, 3.8) is 0 Å². The second-order valence-corrected chi connectivity index (χ2v) is 2.66. The Kier molecular flexibility index (Phi) is 2.59. The van der Waals surface area contributed by atoms with Crippen LogP contribution in [-0.4, -0.2) is 29.9 Å². The number of carbonyl (C=O) groups excluding carboxylic acids is 1. The van der Waals surface area contributed by atoms with Gasteiger partial charge in [0.2, 0.25) is 0 Å². The van der Waals surface area contributed by atoms with Crippen molar-refractivity contribution in [1.29, 1.82) is 0 Å². The third-order valence-corrected chi connectivity index (χ3v) is 1.81. The lowest BCUT2D eigenvalue weighted by molar-refractivity contribution is -0.145. The van der Waals surface area contributed by atoms with Gasteiger partial charge in [0.15, 0.2) is 0 Å². The molecule has 0 spiro atoms. The van der Waals surface area contributed by atoms with Crippen molar-refractivity contribution in [2.24, 2.45) is 5.92 Å². The maximum atomic E-state index is 11.0. The minimum atomic E-state index is -1.01. The summed E-state index contributed by atoms with van der Waals surface area (Å²) in [5.41, 5.74) is 0. The van der Waals surface area contributed by atoms with Crippen LogP contribution in [0.25, 0.3) is 0 Å². The van der Waals surface area contributed by atoms with Crippen molar-refractivity contribution in [3.05, 3.63) is 0 Å². The predicted molar refractivity (Wildman–Crippen MR) is 38.2 cm³/mol. The molecule has 1 rings (SSSR count). The molecule has 4 heteroatoms. The highest BCUT2D eigenvalue weighted by Gasteiger charge is 2.26. The van der Waals surface area contributed by atoms with Crippen LogP contribution in [0.4, 0.5) is 0 Å². The number of Topliss-reactive ketones (excluding diaryl/α,β-unsaturated/α-hetero) is 1. The van der Waals surface area contributed by atoms with Gasteiger partial charge < -0.3 is 10.4 Å². The Morgan fingerprint density at radius 1 is 1.64 bits per heavy atom. The van der Waals surface area contributed by atoms with E-state index in [0.29, 0.717) is 6.42 Å². The van der Waals surface area contributed by atoms with Crippen molar-refractivity contribution in [3.8, 4) is 0 Å². The molecule has 0 radical (unpaired) electrons. The fraction of sp³-hybridized carbons (Fsp3) is 0.714. The second-order valence-electron chi connectivity index (χ2n) is 2.66. The average molecular weight is 157 g/mol. The molecular weight excluding hydrogens is 146 g/mol. The maximum absolute atomic E-state index is 11.0. The topological polar surface area (TPSA) is 66.4 Å². The van der Waals surface area contributed by atoms with Crippen LogP contribution in [0.15, 0.2) is 0 Å². The van der Waals surface area contributed by atoms with Gasteiger partial charge in [-0.25, -0.2) is 0 Å². The van der Waals surface area contributed by atoms with Gasteiger partial charge in [0.1, 0.15) is 11.7 Å². The molecule has 0 aromatic carbocycles. The first-order valence-corrected chi connectivity index (χ1v) is 3.68. The van der Waals surface area contributed by atoms with Crippen molar-refractivity contribution in [2.45, 2.75) is 12.8 Å². The Labute approximate surface area is 64.6 Å². The highest BCUT2D eigenvalue weighted by Crippen LogP contribution is 2.06. The van der Waals surface area contributed by atoms with Gasteiger partial charge >= 0.3 is 5.97 Å². The van der Waals surface area contributed by atoms with Gasteiger partial charge in [0, 0.05) is 13.0 Å². The number of nitrogens with one attached hydrogen (secondary N) is 1. The van der Waals surface area contributed by atoms with Gasteiger partial charge in [0.25, 0.3) is 0 Å². The molecule has 11 heavy (non-hydrogen) atoms. The van der Waals surface area contributed by atoms with Crippen LogP contribution in [0.3, 0.4) is 0 Å². The van der Waals surface area contributed by atoms with E-state index in [2.05, 4.69) is 5.32 Å². The average Bonchev–Trinajstić information content (AvgIpc) is 2.13. The summed E-state index contributed by atoms with van der Waals surface area (Å²) >= 11 is 0. The molecule has 1 aliphatic heterocycles. The zero-order chi connectivity index (χ0) is 8.27. The molecule has 1 unspecified atom stereocenters. The summed E-state index contributed by atoms with van der Waals surface area (Å²) in [6.45, 7) is 1.03. The molecule has 1 heterocycles. The van der Waals surface area contributed by atoms with E-state index in [-0.39, 0.29) is 12.3 Å². The van der Waals surface area contributed by atoms with Gasteiger partial charge in [-0.15, -0.1) is 0 Å². The summed E-state index contributed by atoms with van der Waals surface area (Å²) in [5.74, 6) is -1.98. The fourth-order valence-corrected chi connectivity index (χ4v) is 1.15. The fourth-order valence-electron chi connectivity index (χ4n) is 1.15. The third kappa shape index (κ3) is 2.01. The zero-order valence-corrected chi connectivity index (χ0v) is 6.17. The van der Waals surface area contributed by atoms with E-state index < -0.39 is 11.9 Å². The largest absolute Gasteiger partial charge is 0.481 e. The van der Waals surface area contributed by atoms with Gasteiger partial charge in [-0.3, -0.25) is 9.59 Å². The lowest BCUT2D eigenvalue weighted by Gasteiger charge is -2.05. The molecule has 2 N–H and O–H groups in total. The van der Waals surface area contributed by atoms with Crippen molar-refractivity contribution in [2.75, 3.05) is 13.1 Å². The van der Waals surface area contributed by atoms with Gasteiger partial charge in [0.05, 0.1) is 0 Å². The predicted octanol–water partition coefficient (Wildman–Crippen LogP) is -0.360. The third-order valence-electron chi connectivity index (χ3n) is 1.81. The Hall–Kier alpha value is -0.900. The molecule has 62 valence electrons. The van der Waals surface area contributed by atoms with Gasteiger partial charge in [-0.2, -0.15) is 0 Å². The van der Waals surface area contributed by atoms with E-state index in [0.717, 1.165) is 13.0 Å². The molecule has 0 bridgehead atoms. The van der Waals surface area contributed by atoms with E-state index in [1.807, 2.05) is 0 Å². The number of hydrogen-bond acceptors (Lipinski definition) is 3. The number of hydrogen-bond donors (Lipinski definition) is 2. The number of carbonyl (C=O) groups is 2. The Morgan fingerprint density at radius 2 is 2.36 bits per heavy atom. The van der Waals surface area contributed by atoms with Crippen molar-refractivity contribution < 1.29 is 14.7 Å². The molecule has 0 aliphatic carbocycles. The van der Waals surface area contributed by atoms with Crippen molar-refractivity contribution in [1.82, 2.24) is 5.32 Å². The molecule has 0 aromatic heterocycles. The standard InChI is InChI=1S/C7H11NO3/c9-6-2-1-3-8-4-5(6)7(10)11/h5,8H,1-4H2,(H,10,11). The van der Waals surface area contributed by atoms with Gasteiger partial charge in [-0.1, -0.05) is 0 Å². The first-order valence-electron chi connectivity index (χ1n) is 3.68. The molecule has 4 nitrogen and oxygen atoms in total. The molecule has 1 atom stereocenters. The SMILES string of the molecule is O=C(O)C1CNCCCC1=O. The van der Waals surface area contributed by atoms with Crippen LogP contribution in [0.5, 0.6) is 0 Å². The Bertz CT molecular complexity index is 179. The normalized spacial score (nSPS) is 26.2. The quantitative estimate of drug-likeness (QED) is 0.510. The van der Waals surface area contributed by atoms with E-state index in [9.17, 15) is 9.59 Å². The minimum absolute atomic E-state index is 0.150. The van der Waals surface area contributed by atoms with Crippen LogP contribution in [0, 0.1) is 5.92 Å². The second kappa shape index (κ2) is 3.48. The van der Waals surface area contributed by atoms with Crippen LogP contribution in [0.1, 0.15) is 12.8 Å². The van der Waals surface area contributed by atoms with Gasteiger partial charge in [-0.05, 0) is 13.0 Å². The first kappa shape index (κ1) is 8.20. The van der Waals surface area contributed by atoms with Crippen LogP contribution in [0.2, 0.25) is 0 Å². The van der Waals surface area contributed by atoms with Crippen LogP contribution >= 0.6 is 0 Å². The lowest BCUT2D eigenvalue weighted by Crippen LogP contribution is -2.31. The lowest BCUT2D eigenvalue weighted by atomic mass is 10.0. The molecule has 1 saturated heterocycles. The molecule has 1 aliphatic rings. The van der Waals surface area contributed by atoms with E-state index in [4.69, 9.17) is 5.11 Å². The number of aliphatic carboxylic acids is 1. The van der Waals surface area contributed by atoms with E-state index in [1.165, 1.54) is 0 Å². The number of ketones is 1. The molecule has 1 fully saturated rings. The summed E-state index contributed by atoms with van der Waals surface area (Å²) in [5, 5.41) is 11.5. The molecule has 0 aromatic rings. The minimum Gasteiger partial charge on any atom is -0.481 e. The van der Waals surface area contributed by atoms with Crippen molar-refractivity contribution >= 4 is 11.8 Å². The Balaban J connectivity index is 2.59. The zero-order valence-electron chi connectivity index (χ0n) is 6.17. The summed E-state index contributed by atoms with van der Waals surface area (Å²) in [7, 11) is 0. The number of carboxylic acids is 1. The van der Waals surface area contributed by atoms with Crippen LogP contribution < -0.4 is 5.32 Å². The highest BCUT2D eigenvalue weighted by atomic mass is 16.4. The smallest absolute Gasteiger partial charge is 0.315 e. The molecule has 0 saturated carbocycles. The summed E-state index contributed by atoms with van der Waals surface area (Å²) < 4.78 is 0. The number of rotatable bonds is 1. The summed E-state index contributed by atoms with van der Waals surface area (Å²) in [6, 6.07) is 0. The van der Waals surface area contributed by atoms with E-state index >= 15 is 0 Å². The molecular formula is C7H11NO3. The maximum Gasteiger partial charge on any atom is 0.315 e. The first-order chi connectivity index (χ1) is 5.22.